The summed E-state index contributed by atoms with van der Waals surface area (Å²) in [5, 5.41) is 23.4. The Hall–Kier alpha value is -2.40. The average molecular weight is 341 g/mol. The lowest BCUT2D eigenvalue weighted by Crippen LogP contribution is -2.25. The summed E-state index contributed by atoms with van der Waals surface area (Å²) < 4.78 is 13.3. The van der Waals surface area contributed by atoms with E-state index in [2.05, 4.69) is 5.32 Å². The summed E-state index contributed by atoms with van der Waals surface area (Å²) in [6.45, 7) is 0.968. The molecule has 25 heavy (non-hydrogen) atoms. The number of fused-ring (bicyclic) bond motifs is 2. The molecule has 2 bridgehead atoms. The highest BCUT2D eigenvalue weighted by Gasteiger charge is 2.43. The molecule has 2 aliphatic rings. The molecule has 3 unspecified atom stereocenters. The van der Waals surface area contributed by atoms with Gasteiger partial charge in [-0.05, 0) is 48.6 Å². The van der Waals surface area contributed by atoms with Crippen molar-refractivity contribution < 1.29 is 19.4 Å². The van der Waals surface area contributed by atoms with Crippen LogP contribution >= 0.6 is 0 Å². The van der Waals surface area contributed by atoms with Gasteiger partial charge in [-0.1, -0.05) is 24.3 Å². The fourth-order valence-electron chi connectivity index (χ4n) is 4.47. The number of carboxylic acids is 1. The van der Waals surface area contributed by atoms with Crippen molar-refractivity contribution >= 4 is 5.97 Å². The van der Waals surface area contributed by atoms with E-state index >= 15 is 0 Å². The minimum absolute atomic E-state index is 0.00203. The van der Waals surface area contributed by atoms with Gasteiger partial charge < -0.3 is 15.5 Å². The van der Waals surface area contributed by atoms with Gasteiger partial charge in [0.05, 0.1) is 6.42 Å². The lowest BCUT2D eigenvalue weighted by molar-refractivity contribution is -0.136. The summed E-state index contributed by atoms with van der Waals surface area (Å²) in [6.07, 6.45) is 2.02. The van der Waals surface area contributed by atoms with Crippen LogP contribution in [0.2, 0.25) is 0 Å². The highest BCUT2D eigenvalue weighted by atomic mass is 19.1. The third-order valence-electron chi connectivity index (χ3n) is 5.56. The van der Waals surface area contributed by atoms with Crippen molar-refractivity contribution in [1.82, 2.24) is 5.32 Å². The molecule has 4 nitrogen and oxygen atoms in total. The van der Waals surface area contributed by atoms with Crippen molar-refractivity contribution in [2.45, 2.75) is 31.2 Å². The number of hydrogen-bond donors (Lipinski definition) is 3. The van der Waals surface area contributed by atoms with Gasteiger partial charge in [0, 0.05) is 23.1 Å². The van der Waals surface area contributed by atoms with Gasteiger partial charge in [0.2, 0.25) is 0 Å². The van der Waals surface area contributed by atoms with E-state index in [0.29, 0.717) is 34.6 Å². The van der Waals surface area contributed by atoms with Crippen molar-refractivity contribution in [2.75, 3.05) is 6.54 Å². The quantitative estimate of drug-likeness (QED) is 0.798. The second-order valence-electron chi connectivity index (χ2n) is 6.99. The number of halogens is 1. The van der Waals surface area contributed by atoms with E-state index in [0.717, 1.165) is 24.9 Å². The second-order valence-corrected chi connectivity index (χ2v) is 6.99. The minimum Gasteiger partial charge on any atom is -0.507 e. The Balaban J connectivity index is 1.87. The van der Waals surface area contributed by atoms with Crippen LogP contribution in [0.1, 0.15) is 29.9 Å². The van der Waals surface area contributed by atoms with Crippen LogP contribution in [0.25, 0.3) is 11.1 Å². The minimum atomic E-state index is -0.990. The first-order valence-corrected chi connectivity index (χ1v) is 8.60. The van der Waals surface area contributed by atoms with Gasteiger partial charge in [-0.15, -0.1) is 0 Å². The summed E-state index contributed by atoms with van der Waals surface area (Å²) in [7, 11) is 0. The Labute approximate surface area is 145 Å². The van der Waals surface area contributed by atoms with Gasteiger partial charge in [-0.25, -0.2) is 4.39 Å². The molecule has 1 aliphatic heterocycles. The summed E-state index contributed by atoms with van der Waals surface area (Å²) in [4.78, 5) is 11.1. The monoisotopic (exact) mass is 341 g/mol. The van der Waals surface area contributed by atoms with Crippen LogP contribution in [0.5, 0.6) is 5.75 Å². The van der Waals surface area contributed by atoms with Gasteiger partial charge >= 0.3 is 5.97 Å². The standard InChI is InChI=1S/C20H20FNO3/c21-14-5-1-11(2-6-14)19-15(18-13-4-8-16(18)22-10-13)7-3-12(20(19)25)9-17(23)24/h1-3,5-7,13,16,18,22,25H,4,8-10H2,(H,23,24). The van der Waals surface area contributed by atoms with E-state index in [9.17, 15) is 14.3 Å². The topological polar surface area (TPSA) is 69.6 Å². The Morgan fingerprint density at radius 3 is 2.48 bits per heavy atom. The molecule has 3 atom stereocenters. The number of rotatable bonds is 4. The molecule has 130 valence electrons. The van der Waals surface area contributed by atoms with E-state index in [1.54, 1.807) is 18.2 Å². The smallest absolute Gasteiger partial charge is 0.307 e. The largest absolute Gasteiger partial charge is 0.507 e. The number of phenols is 1. The van der Waals surface area contributed by atoms with E-state index in [4.69, 9.17) is 5.11 Å². The molecule has 5 heteroatoms. The molecule has 1 saturated heterocycles. The Kier molecular flexibility index (Phi) is 3.96. The van der Waals surface area contributed by atoms with Crippen LogP contribution in [0, 0.1) is 11.7 Å². The Morgan fingerprint density at radius 2 is 1.92 bits per heavy atom. The lowest BCUT2D eigenvalue weighted by atomic mass is 9.83. The van der Waals surface area contributed by atoms with Gasteiger partial charge in [0.15, 0.2) is 0 Å². The summed E-state index contributed by atoms with van der Waals surface area (Å²) in [5.74, 6) is -0.513. The third kappa shape index (κ3) is 2.78. The highest BCUT2D eigenvalue weighted by molar-refractivity contribution is 5.79. The van der Waals surface area contributed by atoms with Crippen molar-refractivity contribution in [2.24, 2.45) is 5.92 Å². The zero-order valence-corrected chi connectivity index (χ0v) is 13.7. The highest BCUT2D eigenvalue weighted by Crippen LogP contribution is 2.49. The second kappa shape index (κ2) is 6.15. The van der Waals surface area contributed by atoms with Crippen LogP contribution in [0.4, 0.5) is 4.39 Å². The van der Waals surface area contributed by atoms with E-state index in [1.165, 1.54) is 12.1 Å². The average Bonchev–Trinajstić information content (AvgIpc) is 3.17. The van der Waals surface area contributed by atoms with Gasteiger partial charge in [-0.2, -0.15) is 0 Å². The molecule has 0 radical (unpaired) electrons. The summed E-state index contributed by atoms with van der Waals surface area (Å²) in [5.41, 5.74) is 2.77. The number of carbonyl (C=O) groups is 1. The fourth-order valence-corrected chi connectivity index (χ4v) is 4.47. The maximum atomic E-state index is 13.3. The Bertz CT molecular complexity index is 798. The number of phenolic OH excluding ortho intramolecular Hbond substituents is 1. The first-order valence-electron chi connectivity index (χ1n) is 8.60. The maximum Gasteiger partial charge on any atom is 0.307 e. The number of aromatic hydroxyl groups is 1. The molecule has 0 amide bonds. The van der Waals surface area contributed by atoms with Crippen molar-refractivity contribution in [1.29, 1.82) is 0 Å². The molecule has 2 aromatic carbocycles. The predicted molar refractivity (Wildman–Crippen MR) is 92.1 cm³/mol. The molecule has 0 spiro atoms. The first kappa shape index (κ1) is 16.1. The SMILES string of the molecule is O=C(O)Cc1ccc(C2C3CCC2NC3)c(-c2ccc(F)cc2)c1O. The summed E-state index contributed by atoms with van der Waals surface area (Å²) in [6, 6.07) is 10.1. The van der Waals surface area contributed by atoms with Crippen LogP contribution < -0.4 is 5.32 Å². The number of piperidine rings is 1. The zero-order chi connectivity index (χ0) is 17.6. The van der Waals surface area contributed by atoms with E-state index in [1.807, 2.05) is 6.07 Å². The molecule has 2 aromatic rings. The van der Waals surface area contributed by atoms with Crippen LogP contribution in [0.15, 0.2) is 36.4 Å². The van der Waals surface area contributed by atoms with Crippen LogP contribution in [-0.2, 0) is 11.2 Å². The first-order chi connectivity index (χ1) is 12.0. The normalized spacial score (nSPS) is 24.6. The molecular weight excluding hydrogens is 321 g/mol. The maximum absolute atomic E-state index is 13.3. The molecule has 1 heterocycles. The molecule has 1 aliphatic carbocycles. The number of aliphatic carboxylic acids is 1. The lowest BCUT2D eigenvalue weighted by Gasteiger charge is -2.22. The predicted octanol–water partition coefficient (Wildman–Crippen LogP) is 3.29. The van der Waals surface area contributed by atoms with Crippen LogP contribution in [0.3, 0.4) is 0 Å². The van der Waals surface area contributed by atoms with Crippen LogP contribution in [-0.4, -0.2) is 28.8 Å². The van der Waals surface area contributed by atoms with E-state index in [-0.39, 0.29) is 18.0 Å². The molecule has 3 N–H and O–H groups in total. The van der Waals surface area contributed by atoms with Gasteiger partial charge in [0.1, 0.15) is 11.6 Å². The number of hydrogen-bond acceptors (Lipinski definition) is 3. The Morgan fingerprint density at radius 1 is 1.16 bits per heavy atom. The molecule has 0 aromatic heterocycles. The van der Waals surface area contributed by atoms with Crippen molar-refractivity contribution in [3.05, 3.63) is 53.3 Å². The number of nitrogens with one attached hydrogen (secondary N) is 1. The summed E-state index contributed by atoms with van der Waals surface area (Å²) >= 11 is 0. The van der Waals surface area contributed by atoms with Crippen molar-refractivity contribution in [3.63, 3.8) is 0 Å². The molecule has 1 saturated carbocycles. The third-order valence-corrected chi connectivity index (χ3v) is 5.56. The molecular formula is C20H20FNO3. The van der Waals surface area contributed by atoms with Crippen molar-refractivity contribution in [3.8, 4) is 16.9 Å². The van der Waals surface area contributed by atoms with Gasteiger partial charge in [0.25, 0.3) is 0 Å². The van der Waals surface area contributed by atoms with Gasteiger partial charge in [-0.3, -0.25) is 4.79 Å². The fraction of sp³-hybridized carbons (Fsp3) is 0.350. The number of carboxylic acid groups (broad SMARTS) is 1. The number of benzene rings is 2. The zero-order valence-electron chi connectivity index (χ0n) is 13.7. The van der Waals surface area contributed by atoms with E-state index < -0.39 is 5.97 Å². The molecule has 2 fully saturated rings. The molecule has 4 rings (SSSR count).